The predicted octanol–water partition coefficient (Wildman–Crippen LogP) is 4.12. The first-order chi connectivity index (χ1) is 14.7. The van der Waals surface area contributed by atoms with Gasteiger partial charge in [0.05, 0.1) is 11.1 Å². The van der Waals surface area contributed by atoms with Gasteiger partial charge in [0.1, 0.15) is 17.0 Å². The van der Waals surface area contributed by atoms with E-state index < -0.39 is 4.92 Å². The van der Waals surface area contributed by atoms with Crippen molar-refractivity contribution in [3.63, 3.8) is 0 Å². The SMILES string of the molecule is O=[N+]([O-])c1ccc(-c2ccc(C=NNc3nnc4c(n3)[nH]c3ccccc34)o2)cc1. The summed E-state index contributed by atoms with van der Waals surface area (Å²) in [6.45, 7) is 0. The minimum absolute atomic E-state index is 0.0248. The van der Waals surface area contributed by atoms with Gasteiger partial charge in [0, 0.05) is 28.6 Å². The van der Waals surface area contributed by atoms with Crippen LogP contribution in [0, 0.1) is 10.1 Å². The van der Waals surface area contributed by atoms with E-state index in [1.807, 2.05) is 24.3 Å². The van der Waals surface area contributed by atoms with Crippen molar-refractivity contribution in [3.05, 3.63) is 76.5 Å². The number of nitrogens with zero attached hydrogens (tertiary/aromatic N) is 5. The maximum absolute atomic E-state index is 10.7. The lowest BCUT2D eigenvalue weighted by molar-refractivity contribution is -0.384. The van der Waals surface area contributed by atoms with Gasteiger partial charge in [0.25, 0.3) is 11.6 Å². The third kappa shape index (κ3) is 3.22. The molecule has 0 bridgehead atoms. The number of rotatable bonds is 5. The van der Waals surface area contributed by atoms with Crippen molar-refractivity contribution < 1.29 is 9.34 Å². The number of anilines is 1. The maximum atomic E-state index is 10.7. The number of aromatic amines is 1. The van der Waals surface area contributed by atoms with Crippen LogP contribution in [0.25, 0.3) is 33.4 Å². The van der Waals surface area contributed by atoms with Gasteiger partial charge in [0.2, 0.25) is 0 Å². The van der Waals surface area contributed by atoms with Crippen LogP contribution >= 0.6 is 0 Å². The van der Waals surface area contributed by atoms with Gasteiger partial charge >= 0.3 is 0 Å². The number of hydrogen-bond acceptors (Lipinski definition) is 8. The molecule has 30 heavy (non-hydrogen) atoms. The van der Waals surface area contributed by atoms with Gasteiger partial charge in [-0.1, -0.05) is 18.2 Å². The van der Waals surface area contributed by atoms with Gasteiger partial charge in [-0.3, -0.25) is 10.1 Å². The maximum Gasteiger partial charge on any atom is 0.269 e. The van der Waals surface area contributed by atoms with Crippen LogP contribution in [0.4, 0.5) is 11.6 Å². The smallest absolute Gasteiger partial charge is 0.269 e. The number of nitro benzene ring substituents is 1. The van der Waals surface area contributed by atoms with Gasteiger partial charge in [-0.05, 0) is 30.3 Å². The number of nitro groups is 1. The topological polar surface area (TPSA) is 135 Å². The molecule has 10 heteroatoms. The fraction of sp³-hybridized carbons (Fsp3) is 0. The van der Waals surface area contributed by atoms with Gasteiger partial charge in [-0.2, -0.15) is 10.1 Å². The molecule has 10 nitrogen and oxygen atoms in total. The second-order valence-electron chi connectivity index (χ2n) is 6.38. The molecule has 3 aromatic heterocycles. The van der Waals surface area contributed by atoms with Crippen LogP contribution in [-0.2, 0) is 0 Å². The molecule has 3 heterocycles. The number of hydrazone groups is 1. The molecular formula is C20H13N7O3. The fourth-order valence-corrected chi connectivity index (χ4v) is 3.05. The summed E-state index contributed by atoms with van der Waals surface area (Å²) in [5, 5.41) is 24.0. The molecule has 0 spiro atoms. The first-order valence-corrected chi connectivity index (χ1v) is 8.92. The second kappa shape index (κ2) is 7.09. The quantitative estimate of drug-likeness (QED) is 0.258. The molecule has 0 fully saturated rings. The summed E-state index contributed by atoms with van der Waals surface area (Å²) in [4.78, 5) is 17.9. The van der Waals surface area contributed by atoms with Crippen molar-refractivity contribution in [2.24, 2.45) is 5.10 Å². The van der Waals surface area contributed by atoms with Gasteiger partial charge < -0.3 is 9.40 Å². The minimum Gasteiger partial charge on any atom is -0.455 e. The minimum atomic E-state index is -0.445. The largest absolute Gasteiger partial charge is 0.455 e. The zero-order valence-corrected chi connectivity index (χ0v) is 15.3. The number of non-ortho nitro benzene ring substituents is 1. The standard InChI is InChI=1S/C20H13N7O3/c28-27(29)13-7-5-12(6-8-13)17-10-9-14(30-17)11-21-25-20-23-19-18(24-26-20)15-3-1-2-4-16(15)22-19/h1-11H,(H2,22,23,25,26). The number of aromatic nitrogens is 4. The first kappa shape index (κ1) is 17.5. The van der Waals surface area contributed by atoms with Crippen LogP contribution in [-0.4, -0.2) is 31.3 Å². The highest BCUT2D eigenvalue weighted by Crippen LogP contribution is 2.24. The molecule has 2 N–H and O–H groups in total. The van der Waals surface area contributed by atoms with Gasteiger partial charge in [0.15, 0.2) is 5.65 Å². The van der Waals surface area contributed by atoms with E-state index in [0.29, 0.717) is 22.7 Å². The Bertz CT molecular complexity index is 1400. The number of nitrogens with one attached hydrogen (secondary N) is 2. The van der Waals surface area contributed by atoms with Crippen molar-refractivity contribution in [1.82, 2.24) is 20.2 Å². The number of benzene rings is 2. The van der Waals surface area contributed by atoms with Crippen molar-refractivity contribution in [1.29, 1.82) is 0 Å². The Hall–Kier alpha value is -4.60. The number of furan rings is 1. The molecule has 0 amide bonds. The summed E-state index contributed by atoms with van der Waals surface area (Å²) in [5.41, 5.74) is 5.72. The van der Waals surface area contributed by atoms with Crippen molar-refractivity contribution in [3.8, 4) is 11.3 Å². The van der Waals surface area contributed by atoms with Crippen LogP contribution in [0.3, 0.4) is 0 Å². The summed E-state index contributed by atoms with van der Waals surface area (Å²) >= 11 is 0. The molecule has 0 aliphatic rings. The Morgan fingerprint density at radius 2 is 1.90 bits per heavy atom. The lowest BCUT2D eigenvalue weighted by atomic mass is 10.1. The number of fused-ring (bicyclic) bond motifs is 3. The number of H-pyrrole nitrogens is 1. The molecule has 5 aromatic rings. The molecule has 0 aliphatic carbocycles. The van der Waals surface area contributed by atoms with E-state index in [0.717, 1.165) is 16.5 Å². The lowest BCUT2D eigenvalue weighted by Gasteiger charge is -1.97. The molecule has 0 saturated carbocycles. The third-order valence-electron chi connectivity index (χ3n) is 4.47. The highest BCUT2D eigenvalue weighted by molar-refractivity contribution is 6.03. The Morgan fingerprint density at radius 3 is 2.73 bits per heavy atom. The number of para-hydroxylation sites is 1. The zero-order valence-electron chi connectivity index (χ0n) is 15.3. The van der Waals surface area contributed by atoms with Crippen molar-refractivity contribution in [2.75, 3.05) is 5.43 Å². The van der Waals surface area contributed by atoms with E-state index in [1.165, 1.54) is 18.3 Å². The molecule has 0 atom stereocenters. The van der Waals surface area contributed by atoms with Crippen LogP contribution in [0.15, 0.2) is 70.2 Å². The third-order valence-corrected chi connectivity index (χ3v) is 4.47. The Labute approximate surface area is 168 Å². The Morgan fingerprint density at radius 1 is 1.07 bits per heavy atom. The summed E-state index contributed by atoms with van der Waals surface area (Å²) in [6, 6.07) is 17.4. The molecule has 5 rings (SSSR count). The normalized spacial score (nSPS) is 11.5. The van der Waals surface area contributed by atoms with Crippen LogP contribution in [0.5, 0.6) is 0 Å². The van der Waals surface area contributed by atoms with Crippen molar-refractivity contribution >= 4 is 39.9 Å². The van der Waals surface area contributed by atoms with Crippen molar-refractivity contribution in [2.45, 2.75) is 0 Å². The Balaban J connectivity index is 1.31. The zero-order chi connectivity index (χ0) is 20.5. The van der Waals surface area contributed by atoms with E-state index in [2.05, 4.69) is 30.7 Å². The van der Waals surface area contributed by atoms with E-state index >= 15 is 0 Å². The summed E-state index contributed by atoms with van der Waals surface area (Å²) < 4.78 is 5.70. The Kier molecular flexibility index (Phi) is 4.14. The van der Waals surface area contributed by atoms with Crippen LogP contribution in [0.2, 0.25) is 0 Å². The van der Waals surface area contributed by atoms with E-state index in [9.17, 15) is 10.1 Å². The molecule has 2 aromatic carbocycles. The second-order valence-corrected chi connectivity index (χ2v) is 6.38. The number of hydrogen-bond donors (Lipinski definition) is 2. The fourth-order valence-electron chi connectivity index (χ4n) is 3.05. The van der Waals surface area contributed by atoms with E-state index in [4.69, 9.17) is 4.42 Å². The van der Waals surface area contributed by atoms with E-state index in [-0.39, 0.29) is 11.6 Å². The summed E-state index contributed by atoms with van der Waals surface area (Å²) in [7, 11) is 0. The van der Waals surface area contributed by atoms with Crippen LogP contribution in [0.1, 0.15) is 5.76 Å². The molecule has 146 valence electrons. The molecular weight excluding hydrogens is 386 g/mol. The molecule has 0 unspecified atom stereocenters. The van der Waals surface area contributed by atoms with E-state index in [1.54, 1.807) is 24.3 Å². The average Bonchev–Trinajstić information content (AvgIpc) is 3.38. The molecule has 0 radical (unpaired) electrons. The lowest BCUT2D eigenvalue weighted by Crippen LogP contribution is -1.98. The average molecular weight is 399 g/mol. The highest BCUT2D eigenvalue weighted by atomic mass is 16.6. The van der Waals surface area contributed by atoms with Gasteiger partial charge in [-0.25, -0.2) is 5.43 Å². The monoisotopic (exact) mass is 399 g/mol. The van der Waals surface area contributed by atoms with Crippen LogP contribution < -0.4 is 5.43 Å². The first-order valence-electron chi connectivity index (χ1n) is 8.92. The highest BCUT2D eigenvalue weighted by Gasteiger charge is 2.09. The molecule has 0 saturated heterocycles. The predicted molar refractivity (Wildman–Crippen MR) is 111 cm³/mol. The van der Waals surface area contributed by atoms with Gasteiger partial charge in [-0.15, -0.1) is 10.2 Å². The summed E-state index contributed by atoms with van der Waals surface area (Å²) in [6.07, 6.45) is 1.48. The summed E-state index contributed by atoms with van der Waals surface area (Å²) in [5.74, 6) is 1.31. The molecule has 0 aliphatic heterocycles.